The van der Waals surface area contributed by atoms with Crippen LogP contribution in [-0.4, -0.2) is 0 Å². The maximum absolute atomic E-state index is 6.05. The van der Waals surface area contributed by atoms with Crippen LogP contribution in [0.3, 0.4) is 0 Å². The topological polar surface area (TPSA) is 0 Å². The molecule has 0 N–H and O–H groups in total. The van der Waals surface area contributed by atoms with Crippen LogP contribution in [0, 0.1) is 0 Å². The van der Waals surface area contributed by atoms with Gasteiger partial charge in [0.15, 0.2) is 0 Å². The van der Waals surface area contributed by atoms with Crippen molar-refractivity contribution in [3.8, 4) is 0 Å². The summed E-state index contributed by atoms with van der Waals surface area (Å²) in [4.78, 5) is 0. The third-order valence-corrected chi connectivity index (χ3v) is 3.44. The minimum absolute atomic E-state index is 0.736. The average molecular weight is 269 g/mol. The smallest absolute Gasteiger partial charge is 0.0478 e. The van der Waals surface area contributed by atoms with E-state index in [1.54, 1.807) is 6.08 Å². The van der Waals surface area contributed by atoms with Crippen LogP contribution in [0.1, 0.15) is 29.2 Å². The monoisotopic (exact) mass is 268 g/mol. The minimum atomic E-state index is 0.736. The molecule has 0 nitrogen and oxygen atoms in total. The number of rotatable bonds is 4. The Morgan fingerprint density at radius 1 is 1.00 bits per heavy atom. The van der Waals surface area contributed by atoms with Gasteiger partial charge in [-0.05, 0) is 40.8 Å². The van der Waals surface area contributed by atoms with Gasteiger partial charge >= 0.3 is 0 Å². The fourth-order valence-electron chi connectivity index (χ4n) is 1.88. The van der Waals surface area contributed by atoms with Crippen molar-refractivity contribution in [3.05, 3.63) is 76.3 Å². The van der Waals surface area contributed by atoms with Crippen molar-refractivity contribution in [3.63, 3.8) is 0 Å². The zero-order valence-corrected chi connectivity index (χ0v) is 11.8. The van der Waals surface area contributed by atoms with E-state index in [0.717, 1.165) is 22.6 Å². The maximum atomic E-state index is 6.05. The lowest BCUT2D eigenvalue weighted by Gasteiger charge is -2.01. The number of hydrogen-bond acceptors (Lipinski definition) is 0. The van der Waals surface area contributed by atoms with Gasteiger partial charge in [-0.1, -0.05) is 73.7 Å². The molecule has 0 aromatic heterocycles. The molecule has 96 valence electrons. The Morgan fingerprint density at radius 3 is 2.26 bits per heavy atom. The van der Waals surface area contributed by atoms with Crippen molar-refractivity contribution < 1.29 is 0 Å². The Hall–Kier alpha value is -1.79. The highest BCUT2D eigenvalue weighted by Crippen LogP contribution is 2.20. The van der Waals surface area contributed by atoms with E-state index in [1.807, 2.05) is 18.2 Å². The van der Waals surface area contributed by atoms with Crippen LogP contribution in [0.2, 0.25) is 5.02 Å². The van der Waals surface area contributed by atoms with Crippen molar-refractivity contribution in [1.29, 1.82) is 0 Å². The molecular formula is C18H17Cl. The van der Waals surface area contributed by atoms with Gasteiger partial charge in [0.2, 0.25) is 0 Å². The molecule has 0 fully saturated rings. The summed E-state index contributed by atoms with van der Waals surface area (Å²) in [6.45, 7) is 5.92. The van der Waals surface area contributed by atoms with Crippen molar-refractivity contribution >= 4 is 29.8 Å². The number of halogens is 1. The second-order valence-corrected chi connectivity index (χ2v) is 4.82. The first-order valence-electron chi connectivity index (χ1n) is 6.42. The highest BCUT2D eigenvalue weighted by atomic mass is 35.5. The highest BCUT2D eigenvalue weighted by Gasteiger charge is 1.96. The van der Waals surface area contributed by atoms with Gasteiger partial charge in [0.05, 0.1) is 0 Å². The summed E-state index contributed by atoms with van der Waals surface area (Å²) in [5.41, 5.74) is 4.65. The van der Waals surface area contributed by atoms with Gasteiger partial charge in [-0.25, -0.2) is 0 Å². The first-order chi connectivity index (χ1) is 9.22. The predicted molar refractivity (Wildman–Crippen MR) is 86.3 cm³/mol. The quantitative estimate of drug-likeness (QED) is 0.623. The van der Waals surface area contributed by atoms with E-state index >= 15 is 0 Å². The summed E-state index contributed by atoms with van der Waals surface area (Å²) in [5, 5.41) is 0.736. The van der Waals surface area contributed by atoms with Gasteiger partial charge in [0.25, 0.3) is 0 Å². The van der Waals surface area contributed by atoms with E-state index in [2.05, 4.69) is 49.9 Å². The third kappa shape index (κ3) is 3.59. The fourth-order valence-corrected chi connectivity index (χ4v) is 2.07. The average Bonchev–Trinajstić information content (AvgIpc) is 2.47. The Balaban J connectivity index is 2.19. The van der Waals surface area contributed by atoms with Crippen molar-refractivity contribution in [2.24, 2.45) is 0 Å². The lowest BCUT2D eigenvalue weighted by atomic mass is 10.1. The Morgan fingerprint density at radius 2 is 1.63 bits per heavy atom. The van der Waals surface area contributed by atoms with Crippen LogP contribution in [0.25, 0.3) is 18.2 Å². The molecular weight excluding hydrogens is 252 g/mol. The first-order valence-corrected chi connectivity index (χ1v) is 6.79. The third-order valence-electron chi connectivity index (χ3n) is 3.10. The zero-order valence-electron chi connectivity index (χ0n) is 11.1. The highest BCUT2D eigenvalue weighted by molar-refractivity contribution is 6.32. The first kappa shape index (κ1) is 13.6. The normalized spacial score (nSPS) is 10.8. The van der Waals surface area contributed by atoms with Crippen LogP contribution in [-0.2, 0) is 6.42 Å². The molecule has 19 heavy (non-hydrogen) atoms. The summed E-state index contributed by atoms with van der Waals surface area (Å²) in [7, 11) is 0. The molecule has 1 heteroatoms. The van der Waals surface area contributed by atoms with E-state index in [4.69, 9.17) is 11.6 Å². The van der Waals surface area contributed by atoms with Gasteiger partial charge < -0.3 is 0 Å². The largest absolute Gasteiger partial charge is 0.0984 e. The Bertz CT molecular complexity index is 592. The SMILES string of the molecule is C=Cc1cc(/C=C/c2ccc(CC)cc2)ccc1Cl. The van der Waals surface area contributed by atoms with Crippen LogP contribution in [0.15, 0.2) is 49.0 Å². The summed E-state index contributed by atoms with van der Waals surface area (Å²) in [6, 6.07) is 14.5. The van der Waals surface area contributed by atoms with E-state index in [9.17, 15) is 0 Å². The van der Waals surface area contributed by atoms with Crippen LogP contribution < -0.4 is 0 Å². The predicted octanol–water partition coefficient (Wildman–Crippen LogP) is 5.72. The van der Waals surface area contributed by atoms with Crippen molar-refractivity contribution in [2.75, 3.05) is 0 Å². The number of aryl methyl sites for hydroxylation is 1. The van der Waals surface area contributed by atoms with Gasteiger partial charge in [-0.3, -0.25) is 0 Å². The summed E-state index contributed by atoms with van der Waals surface area (Å²) in [6.07, 6.45) is 7.04. The van der Waals surface area contributed by atoms with E-state index in [0.29, 0.717) is 0 Å². The number of benzene rings is 2. The van der Waals surface area contributed by atoms with E-state index in [-0.39, 0.29) is 0 Å². The second kappa shape index (κ2) is 6.40. The zero-order chi connectivity index (χ0) is 13.7. The van der Waals surface area contributed by atoms with E-state index in [1.165, 1.54) is 11.1 Å². The van der Waals surface area contributed by atoms with Gasteiger partial charge in [-0.15, -0.1) is 0 Å². The molecule has 2 aromatic rings. The van der Waals surface area contributed by atoms with Crippen LogP contribution >= 0.6 is 11.6 Å². The summed E-state index contributed by atoms with van der Waals surface area (Å²) < 4.78 is 0. The molecule has 0 atom stereocenters. The van der Waals surface area contributed by atoms with E-state index < -0.39 is 0 Å². The van der Waals surface area contributed by atoms with Gasteiger partial charge in [0, 0.05) is 5.02 Å². The summed E-state index contributed by atoms with van der Waals surface area (Å²) >= 11 is 6.05. The molecule has 0 amide bonds. The molecule has 0 aliphatic carbocycles. The Labute approximate surface area is 120 Å². The minimum Gasteiger partial charge on any atom is -0.0984 e. The molecule has 0 spiro atoms. The molecule has 2 aromatic carbocycles. The van der Waals surface area contributed by atoms with Crippen molar-refractivity contribution in [2.45, 2.75) is 13.3 Å². The standard InChI is InChI=1S/C18H17Cl/c1-3-14-5-7-15(8-6-14)9-10-16-11-12-18(19)17(4-2)13-16/h4-13H,2-3H2,1H3/b10-9+. The molecule has 0 aliphatic rings. The lowest BCUT2D eigenvalue weighted by Crippen LogP contribution is -1.80. The van der Waals surface area contributed by atoms with Gasteiger partial charge in [-0.2, -0.15) is 0 Å². The fraction of sp³-hybridized carbons (Fsp3) is 0.111. The van der Waals surface area contributed by atoms with Crippen LogP contribution in [0.5, 0.6) is 0 Å². The maximum Gasteiger partial charge on any atom is 0.0478 e. The molecule has 2 rings (SSSR count). The lowest BCUT2D eigenvalue weighted by molar-refractivity contribution is 1.14. The molecule has 0 bridgehead atoms. The second-order valence-electron chi connectivity index (χ2n) is 4.41. The Kier molecular flexibility index (Phi) is 4.59. The molecule has 0 radical (unpaired) electrons. The molecule has 0 saturated heterocycles. The molecule has 0 saturated carbocycles. The van der Waals surface area contributed by atoms with Crippen LogP contribution in [0.4, 0.5) is 0 Å². The van der Waals surface area contributed by atoms with Gasteiger partial charge in [0.1, 0.15) is 0 Å². The molecule has 0 unspecified atom stereocenters. The molecule has 0 aliphatic heterocycles. The number of hydrogen-bond donors (Lipinski definition) is 0. The molecule has 0 heterocycles. The summed E-state index contributed by atoms with van der Waals surface area (Å²) in [5.74, 6) is 0. The van der Waals surface area contributed by atoms with Crippen molar-refractivity contribution in [1.82, 2.24) is 0 Å².